The van der Waals surface area contributed by atoms with Gasteiger partial charge in [0, 0.05) is 31.1 Å². The maximum absolute atomic E-state index is 12.9. The molecule has 0 atom stereocenters. The van der Waals surface area contributed by atoms with Gasteiger partial charge < -0.3 is 10.6 Å². The Balaban J connectivity index is 2.31. The molecule has 0 aromatic heterocycles. The Bertz CT molecular complexity index is 385. The Labute approximate surface area is 105 Å². The molecule has 0 aliphatic heterocycles. The zero-order valence-corrected chi connectivity index (χ0v) is 10.5. The highest BCUT2D eigenvalue weighted by Crippen LogP contribution is 2.16. The molecule has 0 bridgehead atoms. The van der Waals surface area contributed by atoms with Crippen molar-refractivity contribution >= 4 is 17.5 Å². The van der Waals surface area contributed by atoms with Gasteiger partial charge in [-0.1, -0.05) is 11.6 Å². The van der Waals surface area contributed by atoms with E-state index in [9.17, 15) is 9.18 Å². The summed E-state index contributed by atoms with van der Waals surface area (Å²) in [5, 5.41) is 6.27. The van der Waals surface area contributed by atoms with Gasteiger partial charge in [0.1, 0.15) is 5.82 Å². The standard InChI is InChI=1S/C12H16ClFN2O/c1-2-16-12(17)5-6-15-8-9-7-10(14)3-4-11(9)13/h3-4,7,15H,2,5-6,8H2,1H3,(H,16,17). The number of amides is 1. The summed E-state index contributed by atoms with van der Waals surface area (Å²) >= 11 is 5.90. The number of hydrogen-bond acceptors (Lipinski definition) is 2. The molecule has 0 saturated heterocycles. The van der Waals surface area contributed by atoms with Crippen LogP contribution in [0, 0.1) is 5.82 Å². The van der Waals surface area contributed by atoms with Crippen molar-refractivity contribution in [3.05, 3.63) is 34.6 Å². The van der Waals surface area contributed by atoms with Crippen molar-refractivity contribution in [2.45, 2.75) is 19.9 Å². The Hall–Kier alpha value is -1.13. The van der Waals surface area contributed by atoms with Gasteiger partial charge in [-0.25, -0.2) is 4.39 Å². The molecule has 0 heterocycles. The van der Waals surface area contributed by atoms with Crippen LogP contribution in [-0.4, -0.2) is 19.0 Å². The highest BCUT2D eigenvalue weighted by Gasteiger charge is 2.03. The van der Waals surface area contributed by atoms with E-state index in [2.05, 4.69) is 10.6 Å². The topological polar surface area (TPSA) is 41.1 Å². The fourth-order valence-electron chi connectivity index (χ4n) is 1.39. The second-order valence-electron chi connectivity index (χ2n) is 3.62. The highest BCUT2D eigenvalue weighted by atomic mass is 35.5. The van der Waals surface area contributed by atoms with Crippen LogP contribution in [0.15, 0.2) is 18.2 Å². The monoisotopic (exact) mass is 258 g/mol. The van der Waals surface area contributed by atoms with Crippen LogP contribution in [0.3, 0.4) is 0 Å². The van der Waals surface area contributed by atoms with E-state index >= 15 is 0 Å². The molecule has 2 N–H and O–H groups in total. The second-order valence-corrected chi connectivity index (χ2v) is 4.02. The fourth-order valence-corrected chi connectivity index (χ4v) is 1.57. The van der Waals surface area contributed by atoms with Gasteiger partial charge in [-0.15, -0.1) is 0 Å². The molecule has 0 spiro atoms. The highest BCUT2D eigenvalue weighted by molar-refractivity contribution is 6.31. The van der Waals surface area contributed by atoms with Crippen LogP contribution in [0.5, 0.6) is 0 Å². The van der Waals surface area contributed by atoms with Crippen molar-refractivity contribution in [3.63, 3.8) is 0 Å². The number of nitrogens with one attached hydrogen (secondary N) is 2. The Morgan fingerprint density at radius 1 is 1.47 bits per heavy atom. The first kappa shape index (κ1) is 13.9. The Kier molecular flexibility index (Phi) is 5.94. The lowest BCUT2D eigenvalue weighted by Crippen LogP contribution is -2.27. The average Bonchev–Trinajstić information content (AvgIpc) is 2.29. The molecule has 0 saturated carbocycles. The van der Waals surface area contributed by atoms with E-state index in [4.69, 9.17) is 11.6 Å². The first-order valence-electron chi connectivity index (χ1n) is 5.54. The van der Waals surface area contributed by atoms with E-state index in [1.165, 1.54) is 18.2 Å². The maximum atomic E-state index is 12.9. The first-order valence-corrected chi connectivity index (χ1v) is 5.92. The third-order valence-electron chi connectivity index (χ3n) is 2.23. The van der Waals surface area contributed by atoms with Gasteiger partial charge in [-0.2, -0.15) is 0 Å². The van der Waals surface area contributed by atoms with E-state index in [0.29, 0.717) is 36.6 Å². The third kappa shape index (κ3) is 5.15. The lowest BCUT2D eigenvalue weighted by molar-refractivity contribution is -0.120. The zero-order valence-electron chi connectivity index (χ0n) is 9.72. The van der Waals surface area contributed by atoms with Gasteiger partial charge in [-0.05, 0) is 30.7 Å². The molecule has 5 heteroatoms. The SMILES string of the molecule is CCNC(=O)CCNCc1cc(F)ccc1Cl. The van der Waals surface area contributed by atoms with Crippen LogP contribution in [0.1, 0.15) is 18.9 Å². The van der Waals surface area contributed by atoms with Crippen molar-refractivity contribution in [1.82, 2.24) is 10.6 Å². The van der Waals surface area contributed by atoms with Crippen LogP contribution in [-0.2, 0) is 11.3 Å². The third-order valence-corrected chi connectivity index (χ3v) is 2.59. The second kappa shape index (κ2) is 7.25. The molecule has 1 aromatic carbocycles. The van der Waals surface area contributed by atoms with E-state index in [1.54, 1.807) is 0 Å². The van der Waals surface area contributed by atoms with Crippen LogP contribution < -0.4 is 10.6 Å². The largest absolute Gasteiger partial charge is 0.356 e. The predicted octanol–water partition coefficient (Wildman–Crippen LogP) is 2.09. The molecule has 1 aromatic rings. The number of carbonyl (C=O) groups is 1. The average molecular weight is 259 g/mol. The number of halogens is 2. The molecule has 17 heavy (non-hydrogen) atoms. The Morgan fingerprint density at radius 2 is 2.24 bits per heavy atom. The van der Waals surface area contributed by atoms with E-state index in [-0.39, 0.29) is 11.7 Å². The molecule has 1 amide bonds. The minimum Gasteiger partial charge on any atom is -0.356 e. The lowest BCUT2D eigenvalue weighted by atomic mass is 10.2. The molecule has 0 fully saturated rings. The molecule has 0 radical (unpaired) electrons. The summed E-state index contributed by atoms with van der Waals surface area (Å²) in [5.41, 5.74) is 0.697. The molecular weight excluding hydrogens is 243 g/mol. The lowest BCUT2D eigenvalue weighted by Gasteiger charge is -2.07. The summed E-state index contributed by atoms with van der Waals surface area (Å²) in [6, 6.07) is 4.24. The van der Waals surface area contributed by atoms with Crippen molar-refractivity contribution < 1.29 is 9.18 Å². The maximum Gasteiger partial charge on any atom is 0.221 e. The molecule has 0 unspecified atom stereocenters. The summed E-state index contributed by atoms with van der Waals surface area (Å²) < 4.78 is 12.9. The van der Waals surface area contributed by atoms with Gasteiger partial charge >= 0.3 is 0 Å². The number of rotatable bonds is 6. The summed E-state index contributed by atoms with van der Waals surface area (Å²) in [6.45, 7) is 3.50. The van der Waals surface area contributed by atoms with Crippen molar-refractivity contribution in [3.8, 4) is 0 Å². The minimum atomic E-state index is -0.310. The Morgan fingerprint density at radius 3 is 2.94 bits per heavy atom. The van der Waals surface area contributed by atoms with Crippen LogP contribution in [0.4, 0.5) is 4.39 Å². The van der Waals surface area contributed by atoms with Gasteiger partial charge in [0.05, 0.1) is 0 Å². The summed E-state index contributed by atoms with van der Waals surface area (Å²) in [5.74, 6) is -0.305. The molecule has 0 aliphatic rings. The number of carbonyl (C=O) groups excluding carboxylic acids is 1. The van der Waals surface area contributed by atoms with Crippen LogP contribution >= 0.6 is 11.6 Å². The van der Waals surface area contributed by atoms with Gasteiger partial charge in [-0.3, -0.25) is 4.79 Å². The fraction of sp³-hybridized carbons (Fsp3) is 0.417. The number of benzene rings is 1. The smallest absolute Gasteiger partial charge is 0.221 e. The van der Waals surface area contributed by atoms with Gasteiger partial charge in [0.15, 0.2) is 0 Å². The van der Waals surface area contributed by atoms with Crippen molar-refractivity contribution in [2.75, 3.05) is 13.1 Å². The van der Waals surface area contributed by atoms with E-state index in [1.807, 2.05) is 6.92 Å². The zero-order chi connectivity index (χ0) is 12.7. The van der Waals surface area contributed by atoms with Crippen LogP contribution in [0.25, 0.3) is 0 Å². The molecule has 3 nitrogen and oxygen atoms in total. The summed E-state index contributed by atoms with van der Waals surface area (Å²) in [6.07, 6.45) is 0.404. The van der Waals surface area contributed by atoms with E-state index in [0.717, 1.165) is 0 Å². The van der Waals surface area contributed by atoms with Crippen molar-refractivity contribution in [2.24, 2.45) is 0 Å². The molecule has 1 rings (SSSR count). The number of hydrogen-bond donors (Lipinski definition) is 2. The minimum absolute atomic E-state index is 0.00494. The molecular formula is C12H16ClFN2O. The molecule has 94 valence electrons. The van der Waals surface area contributed by atoms with Gasteiger partial charge in [0.2, 0.25) is 5.91 Å². The van der Waals surface area contributed by atoms with Gasteiger partial charge in [0.25, 0.3) is 0 Å². The van der Waals surface area contributed by atoms with Crippen molar-refractivity contribution in [1.29, 1.82) is 0 Å². The van der Waals surface area contributed by atoms with Crippen LogP contribution in [0.2, 0.25) is 5.02 Å². The quantitative estimate of drug-likeness (QED) is 0.768. The molecule has 0 aliphatic carbocycles. The summed E-state index contributed by atoms with van der Waals surface area (Å²) in [4.78, 5) is 11.1. The van der Waals surface area contributed by atoms with E-state index < -0.39 is 0 Å². The predicted molar refractivity (Wildman–Crippen MR) is 66.4 cm³/mol. The first-order chi connectivity index (χ1) is 8.13. The summed E-state index contributed by atoms with van der Waals surface area (Å²) in [7, 11) is 0. The normalized spacial score (nSPS) is 10.3.